The third-order valence-electron chi connectivity index (χ3n) is 4.26. The average Bonchev–Trinajstić information content (AvgIpc) is 2.38. The quantitative estimate of drug-likeness (QED) is 0.413. The van der Waals surface area contributed by atoms with Crippen molar-refractivity contribution < 1.29 is 0 Å². The summed E-state index contributed by atoms with van der Waals surface area (Å²) in [5.74, 6) is 0. The summed E-state index contributed by atoms with van der Waals surface area (Å²) in [5.41, 5.74) is 6.66. The molecule has 1 nitrogen and oxygen atoms in total. The van der Waals surface area contributed by atoms with Crippen molar-refractivity contribution >= 4 is 0 Å². The van der Waals surface area contributed by atoms with Gasteiger partial charge in [0.15, 0.2) is 0 Å². The third-order valence-corrected chi connectivity index (χ3v) is 4.26. The molecule has 0 spiro atoms. The second-order valence-electron chi connectivity index (χ2n) is 6.04. The molecular formula is C17H37N. The highest BCUT2D eigenvalue weighted by Gasteiger charge is 2.21. The molecule has 0 rings (SSSR count). The van der Waals surface area contributed by atoms with Gasteiger partial charge in [0.25, 0.3) is 0 Å². The molecule has 18 heavy (non-hydrogen) atoms. The van der Waals surface area contributed by atoms with Crippen molar-refractivity contribution in [2.45, 2.75) is 110 Å². The Hall–Kier alpha value is -0.0400. The zero-order valence-electron chi connectivity index (χ0n) is 13.3. The fourth-order valence-corrected chi connectivity index (χ4v) is 2.64. The van der Waals surface area contributed by atoms with E-state index < -0.39 is 0 Å². The summed E-state index contributed by atoms with van der Waals surface area (Å²) in [5, 5.41) is 0. The minimum Gasteiger partial charge on any atom is -0.325 e. The number of rotatable bonds is 13. The van der Waals surface area contributed by atoms with Crippen molar-refractivity contribution in [3.05, 3.63) is 0 Å². The summed E-state index contributed by atoms with van der Waals surface area (Å²) in [6.45, 7) is 6.81. The maximum absolute atomic E-state index is 6.53. The molecule has 0 radical (unpaired) electrons. The predicted octanol–water partition coefficient (Wildman–Crippen LogP) is 5.81. The summed E-state index contributed by atoms with van der Waals surface area (Å²) in [7, 11) is 0. The van der Waals surface area contributed by atoms with Crippen molar-refractivity contribution in [2.75, 3.05) is 0 Å². The zero-order chi connectivity index (χ0) is 13.7. The molecule has 0 heterocycles. The van der Waals surface area contributed by atoms with Crippen molar-refractivity contribution in [2.24, 2.45) is 5.73 Å². The van der Waals surface area contributed by atoms with Crippen LogP contribution >= 0.6 is 0 Å². The van der Waals surface area contributed by atoms with E-state index in [-0.39, 0.29) is 5.54 Å². The van der Waals surface area contributed by atoms with Gasteiger partial charge in [0, 0.05) is 5.54 Å². The third kappa shape index (κ3) is 9.94. The number of hydrogen-bond donors (Lipinski definition) is 1. The van der Waals surface area contributed by atoms with Gasteiger partial charge in [0.1, 0.15) is 0 Å². The highest BCUT2D eigenvalue weighted by Crippen LogP contribution is 2.23. The van der Waals surface area contributed by atoms with Crippen LogP contribution in [-0.4, -0.2) is 5.54 Å². The van der Waals surface area contributed by atoms with Crippen LogP contribution in [0.4, 0.5) is 0 Å². The van der Waals surface area contributed by atoms with Crippen LogP contribution < -0.4 is 5.73 Å². The normalized spacial score (nSPS) is 12.0. The first-order chi connectivity index (χ1) is 8.68. The van der Waals surface area contributed by atoms with Crippen molar-refractivity contribution in [3.63, 3.8) is 0 Å². The van der Waals surface area contributed by atoms with Crippen LogP contribution in [0.25, 0.3) is 0 Å². The lowest BCUT2D eigenvalue weighted by Gasteiger charge is -2.28. The highest BCUT2D eigenvalue weighted by molar-refractivity contribution is 4.82. The lowest BCUT2D eigenvalue weighted by atomic mass is 9.85. The predicted molar refractivity (Wildman–Crippen MR) is 84.0 cm³/mol. The first-order valence-electron chi connectivity index (χ1n) is 8.47. The smallest absolute Gasteiger partial charge is 0.0151 e. The Bertz CT molecular complexity index is 151. The first-order valence-corrected chi connectivity index (χ1v) is 8.47. The SMILES string of the molecule is CCCCCCCC(N)(CC)CCCCCCC. The van der Waals surface area contributed by atoms with Crippen LogP contribution in [0, 0.1) is 0 Å². The van der Waals surface area contributed by atoms with E-state index in [0.29, 0.717) is 0 Å². The Labute approximate surface area is 116 Å². The van der Waals surface area contributed by atoms with Gasteiger partial charge in [0.05, 0.1) is 0 Å². The van der Waals surface area contributed by atoms with Crippen LogP contribution in [0.15, 0.2) is 0 Å². The molecule has 0 aliphatic carbocycles. The molecule has 0 aliphatic rings. The minimum absolute atomic E-state index is 0.137. The molecule has 0 unspecified atom stereocenters. The Morgan fingerprint density at radius 2 is 1.00 bits per heavy atom. The molecular weight excluding hydrogens is 218 g/mol. The molecule has 0 aromatic carbocycles. The molecule has 0 saturated heterocycles. The van der Waals surface area contributed by atoms with Gasteiger partial charge in [-0.05, 0) is 19.3 Å². The van der Waals surface area contributed by atoms with Gasteiger partial charge in [-0.2, -0.15) is 0 Å². The van der Waals surface area contributed by atoms with E-state index >= 15 is 0 Å². The van der Waals surface area contributed by atoms with Gasteiger partial charge in [-0.1, -0.05) is 85.0 Å². The van der Waals surface area contributed by atoms with Crippen LogP contribution in [0.5, 0.6) is 0 Å². The van der Waals surface area contributed by atoms with Gasteiger partial charge in [-0.15, -0.1) is 0 Å². The molecule has 0 fully saturated rings. The molecule has 0 aromatic heterocycles. The van der Waals surface area contributed by atoms with Crippen molar-refractivity contribution in [1.82, 2.24) is 0 Å². The Kier molecular flexibility index (Phi) is 12.0. The van der Waals surface area contributed by atoms with E-state index in [9.17, 15) is 0 Å². The fraction of sp³-hybridized carbons (Fsp3) is 1.00. The lowest BCUT2D eigenvalue weighted by molar-refractivity contribution is 0.325. The molecule has 110 valence electrons. The van der Waals surface area contributed by atoms with Crippen LogP contribution in [0.2, 0.25) is 0 Å². The summed E-state index contributed by atoms with van der Waals surface area (Å²) in [4.78, 5) is 0. The van der Waals surface area contributed by atoms with Crippen LogP contribution in [0.3, 0.4) is 0 Å². The molecule has 0 amide bonds. The summed E-state index contributed by atoms with van der Waals surface area (Å²) in [6, 6.07) is 0. The molecule has 0 atom stereocenters. The van der Waals surface area contributed by atoms with E-state index in [0.717, 1.165) is 6.42 Å². The number of hydrogen-bond acceptors (Lipinski definition) is 1. The summed E-state index contributed by atoms with van der Waals surface area (Å²) < 4.78 is 0. The van der Waals surface area contributed by atoms with Crippen molar-refractivity contribution in [1.29, 1.82) is 0 Å². The molecule has 0 bridgehead atoms. The zero-order valence-corrected chi connectivity index (χ0v) is 13.3. The standard InChI is InChI=1S/C17H37N/c1-4-7-9-11-13-15-17(18,6-3)16-14-12-10-8-5-2/h4-16,18H2,1-3H3. The second kappa shape index (κ2) is 12.0. The largest absolute Gasteiger partial charge is 0.325 e. The minimum atomic E-state index is 0.137. The van der Waals surface area contributed by atoms with Crippen LogP contribution in [0.1, 0.15) is 104 Å². The fourth-order valence-electron chi connectivity index (χ4n) is 2.64. The second-order valence-corrected chi connectivity index (χ2v) is 6.04. The summed E-state index contributed by atoms with van der Waals surface area (Å²) >= 11 is 0. The van der Waals surface area contributed by atoms with Gasteiger partial charge < -0.3 is 5.73 Å². The van der Waals surface area contributed by atoms with E-state index in [1.54, 1.807) is 0 Å². The van der Waals surface area contributed by atoms with E-state index in [1.807, 2.05) is 0 Å². The van der Waals surface area contributed by atoms with Crippen LogP contribution in [-0.2, 0) is 0 Å². The van der Waals surface area contributed by atoms with E-state index in [4.69, 9.17) is 5.73 Å². The summed E-state index contributed by atoms with van der Waals surface area (Å²) in [6.07, 6.45) is 17.3. The Morgan fingerprint density at radius 3 is 1.33 bits per heavy atom. The Morgan fingerprint density at radius 1 is 0.611 bits per heavy atom. The van der Waals surface area contributed by atoms with Gasteiger partial charge in [-0.3, -0.25) is 0 Å². The number of unbranched alkanes of at least 4 members (excludes halogenated alkanes) is 8. The van der Waals surface area contributed by atoms with Gasteiger partial charge in [0.2, 0.25) is 0 Å². The molecule has 1 heteroatoms. The van der Waals surface area contributed by atoms with E-state index in [2.05, 4.69) is 20.8 Å². The van der Waals surface area contributed by atoms with E-state index in [1.165, 1.54) is 77.0 Å². The highest BCUT2D eigenvalue weighted by atomic mass is 14.7. The molecule has 0 aromatic rings. The van der Waals surface area contributed by atoms with Crippen molar-refractivity contribution in [3.8, 4) is 0 Å². The monoisotopic (exact) mass is 255 g/mol. The maximum atomic E-state index is 6.53. The van der Waals surface area contributed by atoms with Gasteiger partial charge >= 0.3 is 0 Å². The molecule has 2 N–H and O–H groups in total. The molecule has 0 saturated carbocycles. The number of nitrogens with two attached hydrogens (primary N) is 1. The molecule has 0 aliphatic heterocycles. The van der Waals surface area contributed by atoms with Gasteiger partial charge in [-0.25, -0.2) is 0 Å². The first kappa shape index (κ1) is 18.0. The maximum Gasteiger partial charge on any atom is 0.0151 e. The average molecular weight is 255 g/mol. The topological polar surface area (TPSA) is 26.0 Å². The lowest BCUT2D eigenvalue weighted by Crippen LogP contribution is -2.38. The Balaban J connectivity index is 3.60.